The van der Waals surface area contributed by atoms with E-state index < -0.39 is 17.7 Å². The summed E-state index contributed by atoms with van der Waals surface area (Å²) in [6, 6.07) is 44.0. The Bertz CT molecular complexity index is 2830. The molecule has 56 heavy (non-hydrogen) atoms. The van der Waals surface area contributed by atoms with Crippen molar-refractivity contribution >= 4 is 33.0 Å². The molecule has 282 valence electrons. The molecule has 1 saturated carbocycles. The maximum Gasteiger partial charge on any atom is 0.149 e. The highest BCUT2D eigenvalue weighted by molar-refractivity contribution is 6.10. The predicted octanol–water partition coefficient (Wildman–Crippen LogP) is 15.5. The van der Waals surface area contributed by atoms with Gasteiger partial charge in [0.15, 0.2) is 0 Å². The van der Waals surface area contributed by atoms with Crippen molar-refractivity contribution in [1.29, 1.82) is 0 Å². The normalized spacial score (nSPS) is 17.5. The molecular weight excluding hydrogens is 681 g/mol. The molecule has 3 nitrogen and oxygen atoms in total. The Morgan fingerprint density at radius 1 is 0.661 bits per heavy atom. The van der Waals surface area contributed by atoms with Gasteiger partial charge in [0, 0.05) is 14.9 Å². The third-order valence-electron chi connectivity index (χ3n) is 11.8. The fourth-order valence-electron chi connectivity index (χ4n) is 9.76. The lowest BCUT2D eigenvalue weighted by Crippen LogP contribution is -2.32. The lowest BCUT2D eigenvalue weighted by Gasteiger charge is -2.45. The Hall–Kier alpha value is -5.41. The summed E-state index contributed by atoms with van der Waals surface area (Å²) in [5, 5.41) is 2.04. The van der Waals surface area contributed by atoms with Gasteiger partial charge in [0.25, 0.3) is 0 Å². The topological polar surface area (TPSA) is 31.0 Å². The van der Waals surface area contributed by atoms with Crippen molar-refractivity contribution in [3.63, 3.8) is 0 Å². The number of fused-ring (bicyclic) bond motifs is 4. The van der Waals surface area contributed by atoms with Crippen molar-refractivity contribution in [2.75, 3.05) is 0 Å². The molecular formula is C53H54N2O. The number of para-hydroxylation sites is 3. The number of aromatic nitrogens is 2. The Morgan fingerprint density at radius 3 is 1.96 bits per heavy atom. The highest BCUT2D eigenvalue weighted by atomic mass is 16.3. The molecule has 0 spiro atoms. The first-order chi connectivity index (χ1) is 27.8. The van der Waals surface area contributed by atoms with E-state index in [-0.39, 0.29) is 10.8 Å². The molecule has 9 rings (SSSR count). The van der Waals surface area contributed by atoms with Gasteiger partial charge in [-0.25, -0.2) is 4.98 Å². The van der Waals surface area contributed by atoms with Gasteiger partial charge in [-0.3, -0.25) is 4.57 Å². The molecule has 1 aliphatic rings. The molecule has 8 aromatic rings. The SMILES string of the molecule is [2H]C(C)(C)c1cc(-c2ccc(C3([2H])CC(C)(C)CC(C)(C)C3)cc2)cc(C([2H])(C)C)c1-n1c(-c2cccc3c2oc2cc(-c4ccccc4)ccc23)nc2ccccc21. The smallest absolute Gasteiger partial charge is 0.149 e. The summed E-state index contributed by atoms with van der Waals surface area (Å²) in [4.78, 5) is 5.32. The van der Waals surface area contributed by atoms with Gasteiger partial charge in [0.1, 0.15) is 17.0 Å². The number of nitrogens with zero attached hydrogens (tertiary/aromatic N) is 2. The maximum atomic E-state index is 9.71. The summed E-state index contributed by atoms with van der Waals surface area (Å²) in [5.74, 6) is -2.05. The minimum atomic E-state index is -1.04. The number of imidazole rings is 1. The van der Waals surface area contributed by atoms with Gasteiger partial charge in [-0.05, 0) is 129 Å². The van der Waals surface area contributed by atoms with Crippen LogP contribution in [0.2, 0.25) is 0 Å². The number of hydrogen-bond acceptors (Lipinski definition) is 2. The van der Waals surface area contributed by atoms with Gasteiger partial charge in [-0.1, -0.05) is 140 Å². The zero-order chi connectivity index (χ0) is 41.7. The van der Waals surface area contributed by atoms with E-state index in [9.17, 15) is 4.11 Å². The Labute approximate surface area is 336 Å². The lowest BCUT2D eigenvalue weighted by molar-refractivity contribution is 0.0969. The molecule has 0 bridgehead atoms. The molecule has 6 aromatic carbocycles. The van der Waals surface area contributed by atoms with Crippen LogP contribution in [-0.4, -0.2) is 9.55 Å². The van der Waals surface area contributed by atoms with E-state index in [4.69, 9.17) is 9.40 Å². The first-order valence-electron chi connectivity index (χ1n) is 21.6. The molecule has 1 aliphatic carbocycles. The van der Waals surface area contributed by atoms with Gasteiger partial charge < -0.3 is 4.42 Å². The van der Waals surface area contributed by atoms with Gasteiger partial charge in [0.2, 0.25) is 0 Å². The third kappa shape index (κ3) is 6.45. The molecule has 0 amide bonds. The van der Waals surface area contributed by atoms with Crippen LogP contribution in [0.15, 0.2) is 132 Å². The van der Waals surface area contributed by atoms with Crippen LogP contribution in [0, 0.1) is 10.8 Å². The summed E-state index contributed by atoms with van der Waals surface area (Å²) in [5.41, 5.74) is 11.9. The minimum Gasteiger partial charge on any atom is -0.455 e. The van der Waals surface area contributed by atoms with Crippen LogP contribution in [0.4, 0.5) is 0 Å². The second-order valence-electron chi connectivity index (χ2n) is 18.1. The fourth-order valence-corrected chi connectivity index (χ4v) is 9.76. The van der Waals surface area contributed by atoms with E-state index >= 15 is 0 Å². The number of benzene rings is 6. The fraction of sp³-hybridized carbons (Fsp3) is 0.302. The molecule has 0 aliphatic heterocycles. The summed E-state index contributed by atoms with van der Waals surface area (Å²) >= 11 is 0. The zero-order valence-corrected chi connectivity index (χ0v) is 34.0. The van der Waals surface area contributed by atoms with Crippen LogP contribution in [0.3, 0.4) is 0 Å². The third-order valence-corrected chi connectivity index (χ3v) is 11.8. The van der Waals surface area contributed by atoms with Crippen molar-refractivity contribution in [1.82, 2.24) is 9.55 Å². The average molecular weight is 738 g/mol. The van der Waals surface area contributed by atoms with Gasteiger partial charge in [-0.2, -0.15) is 0 Å². The molecule has 3 heteroatoms. The minimum absolute atomic E-state index is 0.0827. The summed E-state index contributed by atoms with van der Waals surface area (Å²) < 4.78 is 38.1. The Kier molecular flexibility index (Phi) is 8.00. The van der Waals surface area contributed by atoms with E-state index in [1.165, 1.54) is 0 Å². The monoisotopic (exact) mass is 737 g/mol. The lowest BCUT2D eigenvalue weighted by atomic mass is 9.60. The Balaban J connectivity index is 1.24. The summed E-state index contributed by atoms with van der Waals surface area (Å²) in [7, 11) is 0. The molecule has 0 saturated heterocycles. The van der Waals surface area contributed by atoms with E-state index in [1.54, 1.807) is 0 Å². The molecule has 0 unspecified atom stereocenters. The summed E-state index contributed by atoms with van der Waals surface area (Å²) in [6.45, 7) is 16.9. The standard InChI is InChI=1S/C53H54N2O/c1-33(2)44-27-39(36-21-23-37(24-22-36)40-30-52(5,6)32-53(7,8)31-40)28-45(34(3)4)49(44)55-47-20-13-12-19-46(47)54-51(55)43-18-14-17-42-41-26-25-38(29-48(41)56-50(42)43)35-15-10-9-11-16-35/h9-29,33-34,40H,30-32H2,1-8H3/i33D,34D,40D. The highest BCUT2D eigenvalue weighted by Crippen LogP contribution is 2.52. The maximum absolute atomic E-state index is 9.71. The first kappa shape index (κ1) is 32.8. The molecule has 1 fully saturated rings. The number of hydrogen-bond donors (Lipinski definition) is 0. The zero-order valence-electron chi connectivity index (χ0n) is 37.0. The average Bonchev–Trinajstić information content (AvgIpc) is 3.74. The van der Waals surface area contributed by atoms with Crippen molar-refractivity contribution in [2.45, 2.75) is 92.3 Å². The van der Waals surface area contributed by atoms with Crippen LogP contribution in [0.5, 0.6) is 0 Å². The van der Waals surface area contributed by atoms with E-state index in [2.05, 4.69) is 123 Å². The molecule has 2 aromatic heterocycles. The van der Waals surface area contributed by atoms with Crippen LogP contribution < -0.4 is 0 Å². The Morgan fingerprint density at radius 2 is 1.29 bits per heavy atom. The quantitative estimate of drug-likeness (QED) is 0.163. The van der Waals surface area contributed by atoms with Crippen LogP contribution in [0.25, 0.3) is 72.3 Å². The predicted molar refractivity (Wildman–Crippen MR) is 237 cm³/mol. The van der Waals surface area contributed by atoms with Crippen molar-refractivity contribution < 1.29 is 8.53 Å². The van der Waals surface area contributed by atoms with E-state index in [0.29, 0.717) is 5.82 Å². The molecule has 0 N–H and O–H groups in total. The molecule has 0 atom stereocenters. The largest absolute Gasteiger partial charge is 0.455 e. The van der Waals surface area contributed by atoms with Crippen molar-refractivity contribution in [2.24, 2.45) is 10.8 Å². The highest BCUT2D eigenvalue weighted by Gasteiger charge is 2.39. The summed E-state index contributed by atoms with van der Waals surface area (Å²) in [6.07, 6.45) is 2.76. The number of furan rings is 1. The van der Waals surface area contributed by atoms with Gasteiger partial charge >= 0.3 is 0 Å². The van der Waals surface area contributed by atoms with Gasteiger partial charge in [-0.15, -0.1) is 0 Å². The van der Waals surface area contributed by atoms with E-state index in [1.807, 2.05) is 64.1 Å². The molecule has 0 radical (unpaired) electrons. The second-order valence-corrected chi connectivity index (χ2v) is 18.1. The van der Waals surface area contributed by atoms with Crippen molar-refractivity contribution in [3.8, 4) is 39.3 Å². The van der Waals surface area contributed by atoms with Crippen LogP contribution >= 0.6 is 0 Å². The second kappa shape index (κ2) is 13.7. The van der Waals surface area contributed by atoms with Crippen LogP contribution in [-0.2, 0) is 0 Å². The van der Waals surface area contributed by atoms with E-state index in [0.717, 1.165) is 102 Å². The first-order valence-corrected chi connectivity index (χ1v) is 20.1. The number of rotatable bonds is 7. The van der Waals surface area contributed by atoms with Crippen molar-refractivity contribution in [3.05, 3.63) is 144 Å². The van der Waals surface area contributed by atoms with Gasteiger partial charge in [0.05, 0.1) is 22.3 Å². The molecule has 2 heterocycles. The van der Waals surface area contributed by atoms with Crippen LogP contribution in [0.1, 0.15) is 113 Å².